The number of carbonyl (C=O) groups is 2. The number of hydrogen-bond donors (Lipinski definition) is 2. The molecule has 138 valence electrons. The third-order valence-corrected chi connectivity index (χ3v) is 4.29. The van der Waals surface area contributed by atoms with Gasteiger partial charge in [-0.15, -0.1) is 0 Å². The predicted octanol–water partition coefficient (Wildman–Crippen LogP) is 2.41. The van der Waals surface area contributed by atoms with Crippen molar-refractivity contribution in [1.82, 2.24) is 10.2 Å². The first-order chi connectivity index (χ1) is 12.5. The molecule has 0 aliphatic carbocycles. The maximum absolute atomic E-state index is 12.9. The van der Waals surface area contributed by atoms with Crippen molar-refractivity contribution in [1.29, 1.82) is 0 Å². The quantitative estimate of drug-likeness (QED) is 0.745. The Hall–Kier alpha value is -2.37. The van der Waals surface area contributed by atoms with Crippen LogP contribution in [0, 0.1) is 0 Å². The van der Waals surface area contributed by atoms with Gasteiger partial charge in [0.15, 0.2) is 0 Å². The zero-order valence-electron chi connectivity index (χ0n) is 14.7. The Morgan fingerprint density at radius 1 is 1.08 bits per heavy atom. The molecule has 6 heteroatoms. The molecule has 2 aromatic carbocycles. The fraction of sp³-hybridized carbons (Fsp3) is 0.300. The Kier molecular flexibility index (Phi) is 7.63. The predicted molar refractivity (Wildman–Crippen MR) is 102 cm³/mol. The van der Waals surface area contributed by atoms with Gasteiger partial charge in [0.05, 0.1) is 13.0 Å². The number of amides is 2. The molecule has 0 saturated carbocycles. The van der Waals surface area contributed by atoms with E-state index in [9.17, 15) is 9.59 Å². The van der Waals surface area contributed by atoms with E-state index in [1.807, 2.05) is 30.3 Å². The van der Waals surface area contributed by atoms with Crippen molar-refractivity contribution in [2.24, 2.45) is 0 Å². The summed E-state index contributed by atoms with van der Waals surface area (Å²) >= 11 is 5.89. The lowest BCUT2D eigenvalue weighted by atomic mass is 10.1. The lowest BCUT2D eigenvalue weighted by Gasteiger charge is -2.29. The maximum Gasteiger partial charge on any atom is 0.242 e. The molecule has 0 aliphatic rings. The first kappa shape index (κ1) is 19.9. The molecule has 0 unspecified atom stereocenters. The lowest BCUT2D eigenvalue weighted by Crippen LogP contribution is -2.48. The van der Waals surface area contributed by atoms with Crippen LogP contribution in [0.2, 0.25) is 5.02 Å². The molecule has 0 aliphatic heterocycles. The molecular weight excluding hydrogens is 352 g/mol. The van der Waals surface area contributed by atoms with Crippen molar-refractivity contribution in [2.45, 2.75) is 25.9 Å². The average molecular weight is 375 g/mol. The van der Waals surface area contributed by atoms with Gasteiger partial charge in [0, 0.05) is 18.1 Å². The molecule has 0 bridgehead atoms. The van der Waals surface area contributed by atoms with Crippen LogP contribution in [0.4, 0.5) is 0 Å². The number of rotatable bonds is 8. The number of hydrogen-bond acceptors (Lipinski definition) is 3. The molecule has 5 nitrogen and oxygen atoms in total. The summed E-state index contributed by atoms with van der Waals surface area (Å²) in [6.45, 7) is 2.04. The van der Waals surface area contributed by atoms with Gasteiger partial charge in [-0.3, -0.25) is 9.59 Å². The van der Waals surface area contributed by atoms with Crippen molar-refractivity contribution in [3.63, 3.8) is 0 Å². The van der Waals surface area contributed by atoms with Crippen LogP contribution in [0.15, 0.2) is 54.6 Å². The van der Waals surface area contributed by atoms with E-state index in [1.54, 1.807) is 36.1 Å². The normalized spacial score (nSPS) is 11.7. The van der Waals surface area contributed by atoms with Gasteiger partial charge in [-0.25, -0.2) is 0 Å². The molecule has 2 amide bonds. The Morgan fingerprint density at radius 2 is 1.73 bits per heavy atom. The van der Waals surface area contributed by atoms with Crippen LogP contribution in [0.3, 0.4) is 0 Å². The summed E-state index contributed by atoms with van der Waals surface area (Å²) in [6.07, 6.45) is 0.182. The van der Waals surface area contributed by atoms with Gasteiger partial charge in [0.1, 0.15) is 6.04 Å². The Morgan fingerprint density at radius 3 is 2.35 bits per heavy atom. The third kappa shape index (κ3) is 5.86. The van der Waals surface area contributed by atoms with Crippen LogP contribution >= 0.6 is 11.6 Å². The molecule has 1 atom stereocenters. The topological polar surface area (TPSA) is 69.6 Å². The minimum Gasteiger partial charge on any atom is -0.395 e. The van der Waals surface area contributed by atoms with E-state index >= 15 is 0 Å². The average Bonchev–Trinajstić information content (AvgIpc) is 2.66. The van der Waals surface area contributed by atoms with Gasteiger partial charge in [-0.2, -0.15) is 0 Å². The molecule has 0 radical (unpaired) electrons. The van der Waals surface area contributed by atoms with E-state index in [1.165, 1.54) is 0 Å². The van der Waals surface area contributed by atoms with Gasteiger partial charge in [0.2, 0.25) is 11.8 Å². The second-order valence-corrected chi connectivity index (χ2v) is 6.44. The highest BCUT2D eigenvalue weighted by Gasteiger charge is 2.25. The standard InChI is InChI=1S/C20H23ClN2O3/c1-15(20(26)22-11-12-24)23(14-17-5-3-2-4-6-17)19(25)13-16-7-9-18(21)10-8-16/h2-10,15,24H,11-14H2,1H3,(H,22,26)/t15-/m0/s1. The number of aliphatic hydroxyl groups is 1. The summed E-state index contributed by atoms with van der Waals surface area (Å²) in [5, 5.41) is 12.1. The summed E-state index contributed by atoms with van der Waals surface area (Å²) in [6, 6.07) is 16.0. The summed E-state index contributed by atoms with van der Waals surface area (Å²) < 4.78 is 0. The minimum atomic E-state index is -0.651. The van der Waals surface area contributed by atoms with Crippen LogP contribution in [-0.2, 0) is 22.6 Å². The van der Waals surface area contributed by atoms with Gasteiger partial charge in [-0.05, 0) is 30.2 Å². The Bertz CT molecular complexity index is 720. The number of benzene rings is 2. The summed E-state index contributed by atoms with van der Waals surface area (Å²) in [5.41, 5.74) is 1.78. The van der Waals surface area contributed by atoms with Gasteiger partial charge < -0.3 is 15.3 Å². The number of halogens is 1. The highest BCUT2D eigenvalue weighted by atomic mass is 35.5. The SMILES string of the molecule is C[C@@H](C(=O)NCCO)N(Cc1ccccc1)C(=O)Cc1ccc(Cl)cc1. The van der Waals surface area contributed by atoms with Crippen molar-refractivity contribution in [3.8, 4) is 0 Å². The fourth-order valence-corrected chi connectivity index (χ4v) is 2.69. The van der Waals surface area contributed by atoms with E-state index < -0.39 is 6.04 Å². The van der Waals surface area contributed by atoms with Gasteiger partial charge >= 0.3 is 0 Å². The van der Waals surface area contributed by atoms with Crippen molar-refractivity contribution in [2.75, 3.05) is 13.2 Å². The summed E-state index contributed by atoms with van der Waals surface area (Å²) in [4.78, 5) is 26.7. The van der Waals surface area contributed by atoms with E-state index in [0.29, 0.717) is 11.6 Å². The van der Waals surface area contributed by atoms with Crippen molar-refractivity contribution in [3.05, 3.63) is 70.7 Å². The molecule has 0 heterocycles. The zero-order chi connectivity index (χ0) is 18.9. The molecular formula is C20H23ClN2O3. The van der Waals surface area contributed by atoms with Crippen LogP contribution in [0.1, 0.15) is 18.1 Å². The molecule has 0 aromatic heterocycles. The second-order valence-electron chi connectivity index (χ2n) is 6.00. The number of aliphatic hydroxyl groups excluding tert-OH is 1. The second kappa shape index (κ2) is 9.94. The lowest BCUT2D eigenvalue weighted by molar-refractivity contribution is -0.140. The largest absolute Gasteiger partial charge is 0.395 e. The Labute approximate surface area is 158 Å². The number of nitrogens with zero attached hydrogens (tertiary/aromatic N) is 1. The number of nitrogens with one attached hydrogen (secondary N) is 1. The first-order valence-electron chi connectivity index (χ1n) is 8.47. The summed E-state index contributed by atoms with van der Waals surface area (Å²) in [7, 11) is 0. The van der Waals surface area contributed by atoms with Crippen LogP contribution in [0.25, 0.3) is 0 Å². The van der Waals surface area contributed by atoms with Gasteiger partial charge in [0.25, 0.3) is 0 Å². The molecule has 2 rings (SSSR count). The van der Waals surface area contributed by atoms with Gasteiger partial charge in [-0.1, -0.05) is 54.1 Å². The zero-order valence-corrected chi connectivity index (χ0v) is 15.4. The molecule has 0 fully saturated rings. The monoisotopic (exact) mass is 374 g/mol. The van der Waals surface area contributed by atoms with Crippen LogP contribution in [-0.4, -0.2) is 41.0 Å². The molecule has 2 N–H and O–H groups in total. The van der Waals surface area contributed by atoms with E-state index in [0.717, 1.165) is 11.1 Å². The highest BCUT2D eigenvalue weighted by molar-refractivity contribution is 6.30. The molecule has 26 heavy (non-hydrogen) atoms. The van der Waals surface area contributed by atoms with E-state index in [2.05, 4.69) is 5.32 Å². The molecule has 0 saturated heterocycles. The Balaban J connectivity index is 2.16. The molecule has 2 aromatic rings. The van der Waals surface area contributed by atoms with Crippen molar-refractivity contribution < 1.29 is 14.7 Å². The number of carbonyl (C=O) groups excluding carboxylic acids is 2. The smallest absolute Gasteiger partial charge is 0.242 e. The third-order valence-electron chi connectivity index (χ3n) is 4.04. The van der Waals surface area contributed by atoms with E-state index in [4.69, 9.17) is 16.7 Å². The maximum atomic E-state index is 12.9. The molecule has 0 spiro atoms. The van der Waals surface area contributed by atoms with Crippen LogP contribution < -0.4 is 5.32 Å². The highest BCUT2D eigenvalue weighted by Crippen LogP contribution is 2.14. The fourth-order valence-electron chi connectivity index (χ4n) is 2.57. The minimum absolute atomic E-state index is 0.143. The summed E-state index contributed by atoms with van der Waals surface area (Å²) in [5.74, 6) is -0.442. The first-order valence-corrected chi connectivity index (χ1v) is 8.85. The van der Waals surface area contributed by atoms with Crippen molar-refractivity contribution >= 4 is 23.4 Å². The van der Waals surface area contributed by atoms with Crippen LogP contribution in [0.5, 0.6) is 0 Å². The van der Waals surface area contributed by atoms with E-state index in [-0.39, 0.29) is 31.4 Å².